The van der Waals surface area contributed by atoms with Gasteiger partial charge in [-0.2, -0.15) is 0 Å². The van der Waals surface area contributed by atoms with Gasteiger partial charge < -0.3 is 10.4 Å². The van der Waals surface area contributed by atoms with Gasteiger partial charge in [0.2, 0.25) is 0 Å². The van der Waals surface area contributed by atoms with Crippen molar-refractivity contribution in [2.75, 3.05) is 5.32 Å². The number of non-ortho nitro benzene ring substituents is 1. The molecule has 0 radical (unpaired) electrons. The molecule has 0 saturated carbocycles. The lowest BCUT2D eigenvalue weighted by molar-refractivity contribution is -0.384. The van der Waals surface area contributed by atoms with E-state index >= 15 is 0 Å². The van der Waals surface area contributed by atoms with Crippen LogP contribution in [0.1, 0.15) is 5.56 Å². The molecule has 0 saturated heterocycles. The van der Waals surface area contributed by atoms with Crippen molar-refractivity contribution < 1.29 is 10.0 Å². The van der Waals surface area contributed by atoms with E-state index in [4.69, 9.17) is 23.2 Å². The fourth-order valence-corrected chi connectivity index (χ4v) is 2.16. The third-order valence-corrected chi connectivity index (χ3v) is 3.23. The van der Waals surface area contributed by atoms with E-state index in [1.54, 1.807) is 24.3 Å². The zero-order valence-electron chi connectivity index (χ0n) is 10.1. The van der Waals surface area contributed by atoms with Crippen LogP contribution in [0.25, 0.3) is 0 Å². The number of anilines is 1. The van der Waals surface area contributed by atoms with E-state index in [2.05, 4.69) is 5.32 Å². The summed E-state index contributed by atoms with van der Waals surface area (Å²) in [6.45, 7) is 0.428. The summed E-state index contributed by atoms with van der Waals surface area (Å²) in [4.78, 5) is 10.1. The number of nitrogens with zero attached hydrogens (tertiary/aromatic N) is 1. The van der Waals surface area contributed by atoms with Gasteiger partial charge in [-0.1, -0.05) is 23.2 Å². The fourth-order valence-electron chi connectivity index (χ4n) is 1.63. The molecule has 0 amide bonds. The van der Waals surface area contributed by atoms with E-state index in [1.165, 1.54) is 12.1 Å². The van der Waals surface area contributed by atoms with Crippen LogP contribution in [0.15, 0.2) is 36.4 Å². The van der Waals surface area contributed by atoms with Gasteiger partial charge in [-0.15, -0.1) is 0 Å². The van der Waals surface area contributed by atoms with E-state index < -0.39 is 4.92 Å². The summed E-state index contributed by atoms with van der Waals surface area (Å²) >= 11 is 11.6. The molecule has 5 nitrogen and oxygen atoms in total. The minimum absolute atomic E-state index is 0.0336. The lowest BCUT2D eigenvalue weighted by atomic mass is 10.2. The van der Waals surface area contributed by atoms with E-state index in [0.29, 0.717) is 6.54 Å². The van der Waals surface area contributed by atoms with Crippen molar-refractivity contribution in [3.63, 3.8) is 0 Å². The normalized spacial score (nSPS) is 10.3. The molecule has 0 spiro atoms. The van der Waals surface area contributed by atoms with Crippen molar-refractivity contribution in [1.29, 1.82) is 0 Å². The van der Waals surface area contributed by atoms with Gasteiger partial charge in [0.25, 0.3) is 5.69 Å². The number of nitro groups is 1. The van der Waals surface area contributed by atoms with Crippen LogP contribution in [0.4, 0.5) is 11.4 Å². The molecule has 104 valence electrons. The first kappa shape index (κ1) is 14.4. The first-order chi connectivity index (χ1) is 9.47. The molecule has 0 heterocycles. The number of nitrogens with one attached hydrogen (secondary N) is 1. The Labute approximate surface area is 124 Å². The number of hydrogen-bond donors (Lipinski definition) is 2. The van der Waals surface area contributed by atoms with Gasteiger partial charge in [0.05, 0.1) is 15.0 Å². The molecule has 0 aliphatic heterocycles. The third kappa shape index (κ3) is 3.31. The molecule has 0 fully saturated rings. The lowest BCUT2D eigenvalue weighted by Gasteiger charge is -2.08. The van der Waals surface area contributed by atoms with Crippen LogP contribution in [-0.4, -0.2) is 10.0 Å². The summed E-state index contributed by atoms with van der Waals surface area (Å²) in [6, 6.07) is 9.25. The minimum Gasteiger partial charge on any atom is -0.505 e. The molecule has 0 bridgehead atoms. The van der Waals surface area contributed by atoms with E-state index in [0.717, 1.165) is 11.3 Å². The third-order valence-electron chi connectivity index (χ3n) is 2.65. The maximum absolute atomic E-state index is 10.5. The lowest BCUT2D eigenvalue weighted by Crippen LogP contribution is -1.99. The Kier molecular flexibility index (Phi) is 4.32. The Morgan fingerprint density at radius 1 is 1.15 bits per heavy atom. The molecule has 0 atom stereocenters. The highest BCUT2D eigenvalue weighted by Crippen LogP contribution is 2.32. The number of halogens is 2. The van der Waals surface area contributed by atoms with Crippen LogP contribution < -0.4 is 5.32 Å². The van der Waals surface area contributed by atoms with Crippen LogP contribution in [-0.2, 0) is 6.54 Å². The van der Waals surface area contributed by atoms with Gasteiger partial charge in [0.1, 0.15) is 0 Å². The number of nitro benzene ring substituents is 1. The van der Waals surface area contributed by atoms with Crippen LogP contribution >= 0.6 is 23.2 Å². The van der Waals surface area contributed by atoms with Crippen molar-refractivity contribution in [3.8, 4) is 5.75 Å². The highest BCUT2D eigenvalue weighted by molar-refractivity contribution is 6.37. The molecular weight excluding hydrogens is 303 g/mol. The first-order valence-electron chi connectivity index (χ1n) is 5.62. The van der Waals surface area contributed by atoms with Crippen molar-refractivity contribution in [2.45, 2.75) is 6.54 Å². The van der Waals surface area contributed by atoms with Gasteiger partial charge in [-0.3, -0.25) is 10.1 Å². The molecular formula is C13H10Cl2N2O3. The maximum atomic E-state index is 10.5. The molecule has 2 aromatic rings. The standard InChI is InChI=1S/C13H10Cl2N2O3/c14-11-5-8(6-12(15)13(11)18)7-16-9-1-3-10(4-2-9)17(19)20/h1-6,16,18H,7H2. The highest BCUT2D eigenvalue weighted by atomic mass is 35.5. The number of aromatic hydroxyl groups is 1. The first-order valence-corrected chi connectivity index (χ1v) is 6.38. The van der Waals surface area contributed by atoms with Crippen molar-refractivity contribution in [3.05, 3.63) is 62.1 Å². The number of phenolic OH excluding ortho intramolecular Hbond substituents is 1. The summed E-state index contributed by atoms with van der Waals surface area (Å²) in [7, 11) is 0. The summed E-state index contributed by atoms with van der Waals surface area (Å²) < 4.78 is 0. The topological polar surface area (TPSA) is 75.4 Å². The van der Waals surface area contributed by atoms with E-state index in [-0.39, 0.29) is 21.5 Å². The SMILES string of the molecule is O=[N+]([O-])c1ccc(NCc2cc(Cl)c(O)c(Cl)c2)cc1. The van der Waals surface area contributed by atoms with Gasteiger partial charge >= 0.3 is 0 Å². The Morgan fingerprint density at radius 2 is 1.70 bits per heavy atom. The largest absolute Gasteiger partial charge is 0.505 e. The smallest absolute Gasteiger partial charge is 0.269 e. The van der Waals surface area contributed by atoms with Crippen LogP contribution in [0, 0.1) is 10.1 Å². The summed E-state index contributed by atoms with van der Waals surface area (Å²) in [5.74, 6) is -0.146. The Balaban J connectivity index is 2.07. The molecule has 0 aliphatic rings. The number of phenols is 1. The molecule has 20 heavy (non-hydrogen) atoms. The second kappa shape index (κ2) is 5.98. The Hall–Kier alpha value is -1.98. The molecule has 0 aromatic heterocycles. The molecule has 2 aromatic carbocycles. The number of rotatable bonds is 4. The molecule has 2 rings (SSSR count). The maximum Gasteiger partial charge on any atom is 0.269 e. The molecule has 0 unspecified atom stereocenters. The quantitative estimate of drug-likeness (QED) is 0.654. The van der Waals surface area contributed by atoms with Gasteiger partial charge in [-0.25, -0.2) is 0 Å². The average Bonchev–Trinajstić information content (AvgIpc) is 2.42. The van der Waals surface area contributed by atoms with Crippen LogP contribution in [0.2, 0.25) is 10.0 Å². The highest BCUT2D eigenvalue weighted by Gasteiger charge is 2.07. The molecule has 0 aliphatic carbocycles. The van der Waals surface area contributed by atoms with Crippen LogP contribution in [0.5, 0.6) is 5.75 Å². The van der Waals surface area contributed by atoms with Gasteiger partial charge in [0.15, 0.2) is 5.75 Å². The van der Waals surface area contributed by atoms with Crippen molar-refractivity contribution in [2.24, 2.45) is 0 Å². The fraction of sp³-hybridized carbons (Fsp3) is 0.0769. The Bertz CT molecular complexity index is 622. The number of hydrogen-bond acceptors (Lipinski definition) is 4. The zero-order valence-corrected chi connectivity index (χ0v) is 11.6. The van der Waals surface area contributed by atoms with Gasteiger partial charge in [0, 0.05) is 24.4 Å². The Morgan fingerprint density at radius 3 is 2.20 bits per heavy atom. The second-order valence-corrected chi connectivity index (χ2v) is 4.88. The van der Waals surface area contributed by atoms with Crippen LogP contribution in [0.3, 0.4) is 0 Å². The zero-order chi connectivity index (χ0) is 14.7. The molecule has 7 heteroatoms. The summed E-state index contributed by atoms with van der Waals surface area (Å²) in [5, 5.41) is 23.4. The van der Waals surface area contributed by atoms with E-state index in [1.807, 2.05) is 0 Å². The predicted octanol–water partition coefficient (Wildman–Crippen LogP) is 4.22. The van der Waals surface area contributed by atoms with Gasteiger partial charge in [-0.05, 0) is 29.8 Å². The summed E-state index contributed by atoms with van der Waals surface area (Å²) in [5.41, 5.74) is 1.55. The molecule has 2 N–H and O–H groups in total. The minimum atomic E-state index is -0.455. The monoisotopic (exact) mass is 312 g/mol. The van der Waals surface area contributed by atoms with Crippen molar-refractivity contribution >= 4 is 34.6 Å². The average molecular weight is 313 g/mol. The second-order valence-electron chi connectivity index (χ2n) is 4.07. The predicted molar refractivity (Wildman–Crippen MR) is 78.5 cm³/mol. The summed E-state index contributed by atoms with van der Waals surface area (Å²) in [6.07, 6.45) is 0. The number of benzene rings is 2. The van der Waals surface area contributed by atoms with Crippen molar-refractivity contribution in [1.82, 2.24) is 0 Å². The van der Waals surface area contributed by atoms with E-state index in [9.17, 15) is 15.2 Å².